The maximum absolute atomic E-state index is 13.8. The van der Waals surface area contributed by atoms with Crippen LogP contribution in [0.3, 0.4) is 0 Å². The first-order chi connectivity index (χ1) is 17.4. The number of carbonyl (C=O) groups is 1. The molecule has 0 radical (unpaired) electrons. The zero-order valence-electron chi connectivity index (χ0n) is 20.1. The maximum Gasteiger partial charge on any atom is 0.247 e. The molecule has 1 aliphatic heterocycles. The Bertz CT molecular complexity index is 1430. The summed E-state index contributed by atoms with van der Waals surface area (Å²) in [5.41, 5.74) is 4.18. The first-order valence-corrected chi connectivity index (χ1v) is 11.6. The van der Waals surface area contributed by atoms with Gasteiger partial charge >= 0.3 is 0 Å². The molecule has 1 fully saturated rings. The molecule has 0 spiro atoms. The van der Waals surface area contributed by atoms with E-state index >= 15 is 0 Å². The summed E-state index contributed by atoms with van der Waals surface area (Å²) in [5.74, 6) is -0.273. The van der Waals surface area contributed by atoms with Gasteiger partial charge in [0.2, 0.25) is 11.9 Å². The SMILES string of the molecule is C=CC(=O)Nc1cc(Nc2ncn3ncc(-c4cccc(F)c4)c3n2)ccc1N(C)C1CCN(C)C1. The second kappa shape index (κ2) is 9.74. The summed E-state index contributed by atoms with van der Waals surface area (Å²) < 4.78 is 15.3. The lowest BCUT2D eigenvalue weighted by Gasteiger charge is -2.29. The Hall–Kier alpha value is -4.31. The number of carbonyl (C=O) groups excluding carboxylic acids is 1. The number of aromatic nitrogens is 4. The molecule has 1 amide bonds. The average molecular weight is 487 g/mol. The van der Waals surface area contributed by atoms with Gasteiger partial charge in [0.25, 0.3) is 0 Å². The molecule has 9 nitrogen and oxygen atoms in total. The number of likely N-dealkylation sites (N-methyl/N-ethyl adjacent to an activating group) is 2. The average Bonchev–Trinajstić information content (AvgIpc) is 3.50. The fourth-order valence-corrected chi connectivity index (χ4v) is 4.47. The summed E-state index contributed by atoms with van der Waals surface area (Å²) in [5, 5.41) is 10.4. The van der Waals surface area contributed by atoms with Gasteiger partial charge in [-0.3, -0.25) is 4.79 Å². The minimum absolute atomic E-state index is 0.290. The number of hydrogen-bond acceptors (Lipinski definition) is 7. The number of fused-ring (bicyclic) bond motifs is 1. The van der Waals surface area contributed by atoms with E-state index in [1.165, 1.54) is 22.7 Å². The van der Waals surface area contributed by atoms with E-state index in [1.54, 1.807) is 24.7 Å². The predicted octanol–water partition coefficient (Wildman–Crippen LogP) is 3.94. The lowest BCUT2D eigenvalue weighted by Crippen LogP contribution is -2.34. The Morgan fingerprint density at radius 3 is 2.89 bits per heavy atom. The Kier molecular flexibility index (Phi) is 6.34. The van der Waals surface area contributed by atoms with E-state index in [9.17, 15) is 9.18 Å². The highest BCUT2D eigenvalue weighted by molar-refractivity contribution is 6.01. The van der Waals surface area contributed by atoms with Crippen LogP contribution in [0.25, 0.3) is 16.8 Å². The van der Waals surface area contributed by atoms with E-state index in [4.69, 9.17) is 0 Å². The van der Waals surface area contributed by atoms with Gasteiger partial charge in [0.1, 0.15) is 12.1 Å². The molecule has 1 unspecified atom stereocenters. The van der Waals surface area contributed by atoms with Crippen molar-refractivity contribution in [1.82, 2.24) is 24.5 Å². The smallest absolute Gasteiger partial charge is 0.247 e. The largest absolute Gasteiger partial charge is 0.369 e. The van der Waals surface area contributed by atoms with Crippen LogP contribution < -0.4 is 15.5 Å². The molecule has 5 rings (SSSR count). The fourth-order valence-electron chi connectivity index (χ4n) is 4.47. The molecule has 36 heavy (non-hydrogen) atoms. The van der Waals surface area contributed by atoms with Crippen LogP contribution in [0.2, 0.25) is 0 Å². The molecular formula is C26H27FN8O. The first-order valence-electron chi connectivity index (χ1n) is 11.6. The van der Waals surface area contributed by atoms with Crippen molar-refractivity contribution in [2.45, 2.75) is 12.5 Å². The summed E-state index contributed by atoms with van der Waals surface area (Å²) >= 11 is 0. The van der Waals surface area contributed by atoms with Crippen LogP contribution in [0.5, 0.6) is 0 Å². The molecule has 2 aromatic heterocycles. The standard InChI is InChI=1S/C26H27FN8O/c1-4-24(36)31-22-13-19(8-9-23(22)34(3)20-10-11-33(2)15-20)30-26-28-16-35-25(32-26)21(14-29-35)17-6-5-7-18(27)12-17/h4-9,12-14,16,20H,1,10-11,15H2,2-3H3,(H,30,32)(H,31,36). The minimum Gasteiger partial charge on any atom is -0.369 e. The van der Waals surface area contributed by atoms with Crippen molar-refractivity contribution in [2.24, 2.45) is 0 Å². The Labute approximate surface area is 208 Å². The van der Waals surface area contributed by atoms with E-state index in [1.807, 2.05) is 25.2 Å². The lowest BCUT2D eigenvalue weighted by atomic mass is 10.1. The van der Waals surface area contributed by atoms with E-state index in [-0.39, 0.29) is 11.7 Å². The predicted molar refractivity (Wildman–Crippen MR) is 139 cm³/mol. The fraction of sp³-hybridized carbons (Fsp3) is 0.231. The molecule has 3 heterocycles. The van der Waals surface area contributed by atoms with Crippen molar-refractivity contribution in [3.63, 3.8) is 0 Å². The highest BCUT2D eigenvalue weighted by atomic mass is 19.1. The quantitative estimate of drug-likeness (QED) is 0.383. The highest BCUT2D eigenvalue weighted by Gasteiger charge is 2.25. The van der Waals surface area contributed by atoms with Crippen molar-refractivity contribution < 1.29 is 9.18 Å². The molecule has 2 N–H and O–H groups in total. The number of anilines is 4. The topological polar surface area (TPSA) is 90.7 Å². The van der Waals surface area contributed by atoms with Gasteiger partial charge in [-0.25, -0.2) is 13.9 Å². The number of benzene rings is 2. The van der Waals surface area contributed by atoms with E-state index in [2.05, 4.69) is 49.1 Å². The molecule has 1 saturated heterocycles. The number of rotatable bonds is 7. The van der Waals surface area contributed by atoms with Crippen molar-refractivity contribution in [2.75, 3.05) is 42.7 Å². The normalized spacial score (nSPS) is 15.7. The van der Waals surface area contributed by atoms with Crippen molar-refractivity contribution in [1.29, 1.82) is 0 Å². The van der Waals surface area contributed by atoms with E-state index in [0.717, 1.165) is 25.2 Å². The van der Waals surface area contributed by atoms with Gasteiger partial charge in [-0.2, -0.15) is 10.1 Å². The molecule has 4 aromatic rings. The van der Waals surface area contributed by atoms with Gasteiger partial charge in [0.15, 0.2) is 5.65 Å². The molecule has 0 aliphatic carbocycles. The molecule has 2 aromatic carbocycles. The highest BCUT2D eigenvalue weighted by Crippen LogP contribution is 2.33. The summed E-state index contributed by atoms with van der Waals surface area (Å²) in [6, 6.07) is 12.4. The summed E-state index contributed by atoms with van der Waals surface area (Å²) in [6.07, 6.45) is 5.48. The van der Waals surface area contributed by atoms with Crippen LogP contribution in [0.4, 0.5) is 27.4 Å². The van der Waals surface area contributed by atoms with Crippen LogP contribution >= 0.6 is 0 Å². The molecular weight excluding hydrogens is 459 g/mol. The van der Waals surface area contributed by atoms with E-state index in [0.29, 0.717) is 40.1 Å². The third-order valence-corrected chi connectivity index (χ3v) is 6.40. The van der Waals surface area contributed by atoms with Crippen LogP contribution in [0, 0.1) is 5.82 Å². The van der Waals surface area contributed by atoms with Gasteiger partial charge in [0, 0.05) is 30.9 Å². The number of nitrogens with zero attached hydrogens (tertiary/aromatic N) is 6. The molecule has 1 aliphatic rings. The monoisotopic (exact) mass is 486 g/mol. The van der Waals surface area contributed by atoms with E-state index < -0.39 is 0 Å². The number of nitrogens with one attached hydrogen (secondary N) is 2. The Morgan fingerprint density at radius 2 is 2.14 bits per heavy atom. The van der Waals surface area contributed by atoms with Gasteiger partial charge in [-0.1, -0.05) is 18.7 Å². The summed E-state index contributed by atoms with van der Waals surface area (Å²) in [7, 11) is 4.15. The second-order valence-corrected chi connectivity index (χ2v) is 8.88. The second-order valence-electron chi connectivity index (χ2n) is 8.88. The molecule has 0 bridgehead atoms. The molecule has 1 atom stereocenters. The van der Waals surface area contributed by atoms with Gasteiger partial charge < -0.3 is 20.4 Å². The Morgan fingerprint density at radius 1 is 1.28 bits per heavy atom. The zero-order valence-corrected chi connectivity index (χ0v) is 20.1. The lowest BCUT2D eigenvalue weighted by molar-refractivity contribution is -0.111. The minimum atomic E-state index is -0.331. The Balaban J connectivity index is 1.45. The number of amides is 1. The summed E-state index contributed by atoms with van der Waals surface area (Å²) in [6.45, 7) is 5.56. The third kappa shape index (κ3) is 4.76. The third-order valence-electron chi connectivity index (χ3n) is 6.40. The maximum atomic E-state index is 13.8. The number of halogens is 1. The van der Waals surface area contributed by atoms with Crippen LogP contribution in [-0.2, 0) is 4.79 Å². The van der Waals surface area contributed by atoms with Crippen molar-refractivity contribution in [3.05, 3.63) is 73.5 Å². The van der Waals surface area contributed by atoms with Gasteiger partial charge in [-0.15, -0.1) is 0 Å². The van der Waals surface area contributed by atoms with Gasteiger partial charge in [-0.05, 0) is 62.0 Å². The zero-order chi connectivity index (χ0) is 25.2. The van der Waals surface area contributed by atoms with Gasteiger partial charge in [0.05, 0.1) is 17.6 Å². The molecule has 0 saturated carbocycles. The molecule has 10 heteroatoms. The first kappa shape index (κ1) is 23.4. The number of hydrogen-bond donors (Lipinski definition) is 2. The van der Waals surface area contributed by atoms with Crippen molar-refractivity contribution in [3.8, 4) is 11.1 Å². The van der Waals surface area contributed by atoms with Crippen molar-refractivity contribution >= 4 is 34.6 Å². The van der Waals surface area contributed by atoms with Crippen LogP contribution in [-0.4, -0.2) is 63.6 Å². The number of likely N-dealkylation sites (tertiary alicyclic amines) is 1. The van der Waals surface area contributed by atoms with Crippen LogP contribution in [0.1, 0.15) is 6.42 Å². The molecule has 184 valence electrons. The van der Waals surface area contributed by atoms with Crippen LogP contribution in [0.15, 0.2) is 67.6 Å². The summed E-state index contributed by atoms with van der Waals surface area (Å²) in [4.78, 5) is 25.6.